The number of hydrogen-bond acceptors (Lipinski definition) is 0. The number of rotatable bonds is 10. The summed E-state index contributed by atoms with van der Waals surface area (Å²) in [7, 11) is 0. The van der Waals surface area contributed by atoms with Crippen LogP contribution in [-0.4, -0.2) is 0 Å². The maximum Gasteiger partial charge on any atom is -0.00994 e. The minimum absolute atomic E-state index is 1.06. The molecule has 0 unspecified atom stereocenters. The van der Waals surface area contributed by atoms with Gasteiger partial charge in [-0.3, -0.25) is 0 Å². The topological polar surface area (TPSA) is 0 Å². The van der Waals surface area contributed by atoms with Crippen LogP contribution in [0.1, 0.15) is 78.6 Å². The van der Waals surface area contributed by atoms with Gasteiger partial charge in [-0.05, 0) is 56.9 Å². The van der Waals surface area contributed by atoms with Gasteiger partial charge in [-0.2, -0.15) is 0 Å². The quantitative estimate of drug-likeness (QED) is 0.299. The second kappa shape index (κ2) is 9.80. The first-order chi connectivity index (χ1) is 9.71. The normalized spacial score (nSPS) is 15.2. The lowest BCUT2D eigenvalue weighted by Crippen LogP contribution is -1.86. The molecule has 112 valence electrons. The van der Waals surface area contributed by atoms with Crippen molar-refractivity contribution in [1.82, 2.24) is 0 Å². The lowest BCUT2D eigenvalue weighted by Gasteiger charge is -2.06. The van der Waals surface area contributed by atoms with Gasteiger partial charge >= 0.3 is 0 Å². The first-order valence-corrected chi connectivity index (χ1v) is 8.45. The first kappa shape index (κ1) is 17.0. The van der Waals surface area contributed by atoms with E-state index in [4.69, 9.17) is 0 Å². The fourth-order valence-electron chi connectivity index (χ4n) is 2.75. The van der Waals surface area contributed by atoms with Crippen molar-refractivity contribution in [3.05, 3.63) is 47.1 Å². The highest BCUT2D eigenvalue weighted by atomic mass is 14.2. The van der Waals surface area contributed by atoms with Crippen molar-refractivity contribution in [1.29, 1.82) is 0 Å². The van der Waals surface area contributed by atoms with E-state index in [0.29, 0.717) is 0 Å². The minimum atomic E-state index is 1.06. The molecule has 0 saturated heterocycles. The predicted molar refractivity (Wildman–Crippen MR) is 92.0 cm³/mol. The van der Waals surface area contributed by atoms with Crippen molar-refractivity contribution in [2.45, 2.75) is 78.6 Å². The van der Waals surface area contributed by atoms with Crippen LogP contribution in [0.15, 0.2) is 47.1 Å². The highest BCUT2D eigenvalue weighted by Gasteiger charge is 2.13. The molecule has 0 aromatic carbocycles. The summed E-state index contributed by atoms with van der Waals surface area (Å²) in [5.74, 6) is 0. The van der Waals surface area contributed by atoms with E-state index in [1.54, 1.807) is 16.7 Å². The van der Waals surface area contributed by atoms with Gasteiger partial charge in [0.1, 0.15) is 0 Å². The van der Waals surface area contributed by atoms with Crippen molar-refractivity contribution < 1.29 is 0 Å². The molecule has 0 fully saturated rings. The standard InChI is InChI=1S/C20H32/c1-5-8-13-18-15-19(7-3)20(16-18)14-11-9-10-12-17(4)6-2/h10,12,15H,4-9,11,13-14,16H2,1-3H3/b12-10+. The fourth-order valence-corrected chi connectivity index (χ4v) is 2.75. The minimum Gasteiger partial charge on any atom is -0.0959 e. The Morgan fingerprint density at radius 2 is 2.00 bits per heavy atom. The second-order valence-electron chi connectivity index (χ2n) is 5.87. The van der Waals surface area contributed by atoms with Gasteiger partial charge in [0, 0.05) is 0 Å². The van der Waals surface area contributed by atoms with Crippen LogP contribution >= 0.6 is 0 Å². The molecular weight excluding hydrogens is 240 g/mol. The lowest BCUT2D eigenvalue weighted by molar-refractivity contribution is 0.756. The molecule has 0 atom stereocenters. The van der Waals surface area contributed by atoms with E-state index in [-0.39, 0.29) is 0 Å². The molecular formula is C20H32. The highest BCUT2D eigenvalue weighted by molar-refractivity contribution is 5.39. The van der Waals surface area contributed by atoms with E-state index in [1.807, 2.05) is 0 Å². The third-order valence-electron chi connectivity index (χ3n) is 4.16. The third kappa shape index (κ3) is 5.94. The Morgan fingerprint density at radius 3 is 2.65 bits per heavy atom. The molecule has 1 aliphatic rings. The summed E-state index contributed by atoms with van der Waals surface area (Å²) in [6.07, 6.45) is 18.2. The van der Waals surface area contributed by atoms with Crippen molar-refractivity contribution in [3.8, 4) is 0 Å². The zero-order valence-corrected chi connectivity index (χ0v) is 13.8. The Labute approximate surface area is 126 Å². The molecule has 0 aromatic rings. The molecule has 1 aliphatic carbocycles. The summed E-state index contributed by atoms with van der Waals surface area (Å²) in [6.45, 7) is 10.7. The molecule has 0 saturated carbocycles. The average Bonchev–Trinajstić information content (AvgIpc) is 2.86. The van der Waals surface area contributed by atoms with Gasteiger partial charge in [0.2, 0.25) is 0 Å². The molecule has 0 amide bonds. The zero-order valence-electron chi connectivity index (χ0n) is 13.8. The Morgan fingerprint density at radius 1 is 1.20 bits per heavy atom. The van der Waals surface area contributed by atoms with Crippen LogP contribution < -0.4 is 0 Å². The van der Waals surface area contributed by atoms with Crippen molar-refractivity contribution in [3.63, 3.8) is 0 Å². The van der Waals surface area contributed by atoms with Crippen LogP contribution in [0, 0.1) is 0 Å². The summed E-state index contributed by atoms with van der Waals surface area (Å²) in [6, 6.07) is 0. The second-order valence-corrected chi connectivity index (χ2v) is 5.87. The van der Waals surface area contributed by atoms with Crippen LogP contribution in [0.2, 0.25) is 0 Å². The molecule has 0 N–H and O–H groups in total. The molecule has 0 heterocycles. The molecule has 0 radical (unpaired) electrons. The molecule has 0 aromatic heterocycles. The van der Waals surface area contributed by atoms with Gasteiger partial charge in [-0.15, -0.1) is 0 Å². The Balaban J connectivity index is 2.33. The van der Waals surface area contributed by atoms with Gasteiger partial charge in [-0.25, -0.2) is 0 Å². The Hall–Kier alpha value is -1.04. The lowest BCUT2D eigenvalue weighted by atomic mass is 10.00. The van der Waals surface area contributed by atoms with Gasteiger partial charge in [0.15, 0.2) is 0 Å². The van der Waals surface area contributed by atoms with Gasteiger partial charge in [0.25, 0.3) is 0 Å². The van der Waals surface area contributed by atoms with Gasteiger partial charge in [0.05, 0.1) is 0 Å². The molecule has 20 heavy (non-hydrogen) atoms. The first-order valence-electron chi connectivity index (χ1n) is 8.45. The highest BCUT2D eigenvalue weighted by Crippen LogP contribution is 2.33. The fraction of sp³-hybridized carbons (Fsp3) is 0.600. The maximum absolute atomic E-state index is 4.01. The van der Waals surface area contributed by atoms with E-state index >= 15 is 0 Å². The predicted octanol–water partition coefficient (Wildman–Crippen LogP) is 6.91. The van der Waals surface area contributed by atoms with Gasteiger partial charge < -0.3 is 0 Å². The molecule has 0 spiro atoms. The smallest absolute Gasteiger partial charge is 0.00994 e. The molecule has 1 rings (SSSR count). The van der Waals surface area contributed by atoms with Crippen LogP contribution in [0.4, 0.5) is 0 Å². The van der Waals surface area contributed by atoms with Crippen LogP contribution in [0.5, 0.6) is 0 Å². The summed E-state index contributed by atoms with van der Waals surface area (Å²) < 4.78 is 0. The molecule has 0 bridgehead atoms. The summed E-state index contributed by atoms with van der Waals surface area (Å²) >= 11 is 0. The average molecular weight is 272 g/mol. The van der Waals surface area contributed by atoms with Gasteiger partial charge in [-0.1, -0.05) is 68.7 Å². The monoisotopic (exact) mass is 272 g/mol. The van der Waals surface area contributed by atoms with Crippen molar-refractivity contribution >= 4 is 0 Å². The van der Waals surface area contributed by atoms with Crippen LogP contribution in [0.25, 0.3) is 0 Å². The zero-order chi connectivity index (χ0) is 14.8. The van der Waals surface area contributed by atoms with E-state index in [9.17, 15) is 0 Å². The molecule has 0 aliphatic heterocycles. The van der Waals surface area contributed by atoms with E-state index < -0.39 is 0 Å². The maximum atomic E-state index is 4.01. The summed E-state index contributed by atoms with van der Waals surface area (Å²) in [4.78, 5) is 0. The van der Waals surface area contributed by atoms with E-state index in [0.717, 1.165) is 6.42 Å². The number of unbranched alkanes of at least 4 members (excludes halogenated alkanes) is 2. The Bertz CT molecular complexity index is 390. The molecule has 0 nitrogen and oxygen atoms in total. The number of hydrogen-bond donors (Lipinski definition) is 0. The Kier molecular flexibility index (Phi) is 8.34. The SMILES string of the molecule is C=C(/C=C/CCCC1=C(CC)C=C(CCCC)C1)CC. The van der Waals surface area contributed by atoms with E-state index in [2.05, 4.69) is 45.6 Å². The summed E-state index contributed by atoms with van der Waals surface area (Å²) in [5, 5.41) is 0. The summed E-state index contributed by atoms with van der Waals surface area (Å²) in [5.41, 5.74) is 6.25. The van der Waals surface area contributed by atoms with Crippen LogP contribution in [0.3, 0.4) is 0 Å². The third-order valence-corrected chi connectivity index (χ3v) is 4.16. The molecule has 0 heteroatoms. The number of allylic oxidation sites excluding steroid dienone is 7. The van der Waals surface area contributed by atoms with Crippen molar-refractivity contribution in [2.24, 2.45) is 0 Å². The largest absolute Gasteiger partial charge is 0.0959 e. The van der Waals surface area contributed by atoms with Crippen molar-refractivity contribution in [2.75, 3.05) is 0 Å². The van der Waals surface area contributed by atoms with E-state index in [1.165, 1.54) is 56.9 Å². The van der Waals surface area contributed by atoms with Crippen LogP contribution in [-0.2, 0) is 0 Å².